The number of halogens is 1. The third-order valence-electron chi connectivity index (χ3n) is 2.55. The predicted molar refractivity (Wildman–Crippen MR) is 72.8 cm³/mol. The number of nitrogens with zero attached hydrogens (tertiary/aromatic N) is 1. The lowest BCUT2D eigenvalue weighted by atomic mass is 10.1. The van der Waals surface area contributed by atoms with Crippen molar-refractivity contribution in [3.8, 4) is 0 Å². The molecule has 2 rings (SSSR count). The Kier molecular flexibility index (Phi) is 3.95. The standard InChI is InChI=1S/C14H13ClN2O/c1-10-3-2-8-16-14(10)17-13(18)9-11-4-6-12(15)7-5-11/h2-8H,9H2,1H3,(H,16,17,18). The Bertz CT molecular complexity index is 552. The van der Waals surface area contributed by atoms with Crippen molar-refractivity contribution in [2.45, 2.75) is 13.3 Å². The highest BCUT2D eigenvalue weighted by molar-refractivity contribution is 6.30. The summed E-state index contributed by atoms with van der Waals surface area (Å²) < 4.78 is 0. The number of anilines is 1. The van der Waals surface area contributed by atoms with Gasteiger partial charge in [-0.25, -0.2) is 4.98 Å². The largest absolute Gasteiger partial charge is 0.310 e. The number of hydrogen-bond acceptors (Lipinski definition) is 2. The van der Waals surface area contributed by atoms with Crippen molar-refractivity contribution >= 4 is 23.3 Å². The molecule has 0 aliphatic rings. The Labute approximate surface area is 111 Å². The summed E-state index contributed by atoms with van der Waals surface area (Å²) in [7, 11) is 0. The molecule has 0 bridgehead atoms. The fraction of sp³-hybridized carbons (Fsp3) is 0.143. The van der Waals surface area contributed by atoms with Gasteiger partial charge in [0.25, 0.3) is 0 Å². The molecular weight excluding hydrogens is 248 g/mol. The molecule has 1 aromatic heterocycles. The molecule has 0 aliphatic carbocycles. The fourth-order valence-electron chi connectivity index (χ4n) is 1.58. The maximum absolute atomic E-state index is 11.8. The van der Waals surface area contributed by atoms with Crippen LogP contribution in [0.25, 0.3) is 0 Å². The van der Waals surface area contributed by atoms with Crippen LogP contribution in [0.1, 0.15) is 11.1 Å². The molecule has 4 heteroatoms. The molecule has 1 N–H and O–H groups in total. The number of benzene rings is 1. The van der Waals surface area contributed by atoms with Crippen LogP contribution < -0.4 is 5.32 Å². The molecule has 3 nitrogen and oxygen atoms in total. The summed E-state index contributed by atoms with van der Waals surface area (Å²) in [6.45, 7) is 1.91. The number of pyridine rings is 1. The number of hydrogen-bond donors (Lipinski definition) is 1. The minimum absolute atomic E-state index is 0.0841. The Morgan fingerprint density at radius 2 is 2.00 bits per heavy atom. The zero-order valence-corrected chi connectivity index (χ0v) is 10.7. The van der Waals surface area contributed by atoms with E-state index in [9.17, 15) is 4.79 Å². The van der Waals surface area contributed by atoms with Crippen molar-refractivity contribution in [2.24, 2.45) is 0 Å². The second-order valence-electron chi connectivity index (χ2n) is 4.02. The Morgan fingerprint density at radius 3 is 2.67 bits per heavy atom. The van der Waals surface area contributed by atoms with E-state index in [-0.39, 0.29) is 5.91 Å². The van der Waals surface area contributed by atoms with Crippen LogP contribution in [0.5, 0.6) is 0 Å². The molecule has 1 aromatic carbocycles. The fourth-order valence-corrected chi connectivity index (χ4v) is 1.71. The van der Waals surface area contributed by atoms with E-state index in [0.29, 0.717) is 17.3 Å². The third-order valence-corrected chi connectivity index (χ3v) is 2.80. The zero-order chi connectivity index (χ0) is 13.0. The SMILES string of the molecule is Cc1cccnc1NC(=O)Cc1ccc(Cl)cc1. The highest BCUT2D eigenvalue weighted by atomic mass is 35.5. The van der Waals surface area contributed by atoms with E-state index >= 15 is 0 Å². The average molecular weight is 261 g/mol. The quantitative estimate of drug-likeness (QED) is 0.921. The molecule has 0 unspecified atom stereocenters. The van der Waals surface area contributed by atoms with Crippen LogP contribution in [-0.2, 0) is 11.2 Å². The Balaban J connectivity index is 2.01. The molecule has 0 aliphatic heterocycles. The minimum atomic E-state index is -0.0841. The van der Waals surface area contributed by atoms with E-state index < -0.39 is 0 Å². The second-order valence-corrected chi connectivity index (χ2v) is 4.46. The molecule has 0 atom stereocenters. The smallest absolute Gasteiger partial charge is 0.229 e. The molecule has 0 saturated carbocycles. The van der Waals surface area contributed by atoms with Crippen molar-refractivity contribution < 1.29 is 4.79 Å². The Hall–Kier alpha value is -1.87. The van der Waals surface area contributed by atoms with Gasteiger partial charge >= 0.3 is 0 Å². The number of carbonyl (C=O) groups excluding carboxylic acids is 1. The molecular formula is C14H13ClN2O. The van der Waals surface area contributed by atoms with Crippen LogP contribution in [0.3, 0.4) is 0 Å². The summed E-state index contributed by atoms with van der Waals surface area (Å²) in [6, 6.07) is 11.0. The summed E-state index contributed by atoms with van der Waals surface area (Å²) >= 11 is 5.79. The maximum Gasteiger partial charge on any atom is 0.229 e. The van der Waals surface area contributed by atoms with Gasteiger partial charge in [-0.3, -0.25) is 4.79 Å². The molecule has 0 spiro atoms. The summed E-state index contributed by atoms with van der Waals surface area (Å²) in [6.07, 6.45) is 1.97. The van der Waals surface area contributed by atoms with E-state index in [1.807, 2.05) is 31.2 Å². The molecule has 0 saturated heterocycles. The van der Waals surface area contributed by atoms with Gasteiger partial charge in [-0.05, 0) is 36.2 Å². The first-order chi connectivity index (χ1) is 8.65. The van der Waals surface area contributed by atoms with Crippen LogP contribution in [0.2, 0.25) is 5.02 Å². The average Bonchev–Trinajstić information content (AvgIpc) is 2.35. The van der Waals surface area contributed by atoms with E-state index in [0.717, 1.165) is 11.1 Å². The lowest BCUT2D eigenvalue weighted by Gasteiger charge is -2.06. The van der Waals surface area contributed by atoms with Crippen LogP contribution in [0.15, 0.2) is 42.6 Å². The number of aromatic nitrogens is 1. The van der Waals surface area contributed by atoms with Crippen molar-refractivity contribution in [3.63, 3.8) is 0 Å². The van der Waals surface area contributed by atoms with E-state index in [1.165, 1.54) is 0 Å². The molecule has 92 valence electrons. The van der Waals surface area contributed by atoms with Crippen LogP contribution in [0, 0.1) is 6.92 Å². The normalized spacial score (nSPS) is 10.1. The summed E-state index contributed by atoms with van der Waals surface area (Å²) in [5, 5.41) is 3.46. The number of rotatable bonds is 3. The monoisotopic (exact) mass is 260 g/mol. The van der Waals surface area contributed by atoms with Crippen LogP contribution in [-0.4, -0.2) is 10.9 Å². The van der Waals surface area contributed by atoms with Gasteiger partial charge in [0, 0.05) is 11.2 Å². The molecule has 0 fully saturated rings. The van der Waals surface area contributed by atoms with Gasteiger partial charge in [-0.2, -0.15) is 0 Å². The molecule has 2 aromatic rings. The topological polar surface area (TPSA) is 42.0 Å². The van der Waals surface area contributed by atoms with Crippen molar-refractivity contribution in [3.05, 3.63) is 58.7 Å². The first-order valence-electron chi connectivity index (χ1n) is 5.61. The van der Waals surface area contributed by atoms with Gasteiger partial charge in [-0.15, -0.1) is 0 Å². The first-order valence-corrected chi connectivity index (χ1v) is 5.99. The lowest BCUT2D eigenvalue weighted by Crippen LogP contribution is -2.16. The van der Waals surface area contributed by atoms with Gasteiger partial charge in [0.05, 0.1) is 6.42 Å². The van der Waals surface area contributed by atoms with Crippen molar-refractivity contribution in [1.82, 2.24) is 4.98 Å². The van der Waals surface area contributed by atoms with Crippen molar-refractivity contribution in [1.29, 1.82) is 0 Å². The van der Waals surface area contributed by atoms with Gasteiger partial charge in [-0.1, -0.05) is 29.8 Å². The van der Waals surface area contributed by atoms with Crippen molar-refractivity contribution in [2.75, 3.05) is 5.32 Å². The van der Waals surface area contributed by atoms with Gasteiger partial charge in [0.1, 0.15) is 5.82 Å². The predicted octanol–water partition coefficient (Wildman–Crippen LogP) is 3.22. The molecule has 1 heterocycles. The number of aryl methyl sites for hydroxylation is 1. The Morgan fingerprint density at radius 1 is 1.28 bits per heavy atom. The van der Waals surface area contributed by atoms with Gasteiger partial charge in [0.2, 0.25) is 5.91 Å². The second kappa shape index (κ2) is 5.65. The van der Waals surface area contributed by atoms with E-state index in [4.69, 9.17) is 11.6 Å². The number of nitrogens with one attached hydrogen (secondary N) is 1. The molecule has 1 amide bonds. The maximum atomic E-state index is 11.8. The van der Waals surface area contributed by atoms with E-state index in [2.05, 4.69) is 10.3 Å². The van der Waals surface area contributed by atoms with Crippen LogP contribution in [0.4, 0.5) is 5.82 Å². The summed E-state index contributed by atoms with van der Waals surface area (Å²) in [5.74, 6) is 0.524. The zero-order valence-electron chi connectivity index (χ0n) is 9.98. The van der Waals surface area contributed by atoms with Crippen LogP contribution >= 0.6 is 11.6 Å². The summed E-state index contributed by atoms with van der Waals surface area (Å²) in [4.78, 5) is 16.0. The lowest BCUT2D eigenvalue weighted by molar-refractivity contribution is -0.115. The third kappa shape index (κ3) is 3.31. The van der Waals surface area contributed by atoms with Gasteiger partial charge < -0.3 is 5.32 Å². The molecule has 0 radical (unpaired) electrons. The highest BCUT2D eigenvalue weighted by Crippen LogP contribution is 2.12. The van der Waals surface area contributed by atoms with E-state index in [1.54, 1.807) is 18.3 Å². The number of amides is 1. The molecule has 18 heavy (non-hydrogen) atoms. The highest BCUT2D eigenvalue weighted by Gasteiger charge is 2.06. The van der Waals surface area contributed by atoms with Gasteiger partial charge in [0.15, 0.2) is 0 Å². The first kappa shape index (κ1) is 12.6. The number of carbonyl (C=O) groups is 1. The minimum Gasteiger partial charge on any atom is -0.310 e. The summed E-state index contributed by atoms with van der Waals surface area (Å²) in [5.41, 5.74) is 1.87.